The molecule has 1 aromatic carbocycles. The first kappa shape index (κ1) is 11.9. The van der Waals surface area contributed by atoms with Crippen molar-refractivity contribution in [1.29, 1.82) is 0 Å². The summed E-state index contributed by atoms with van der Waals surface area (Å²) in [5.74, 6) is 0. The SMILES string of the molecule is Cc1ccc(C(O)C2CCC(C)O2)cc1Cl. The Morgan fingerprint density at radius 3 is 2.75 bits per heavy atom. The van der Waals surface area contributed by atoms with Gasteiger partial charge in [-0.1, -0.05) is 23.7 Å². The van der Waals surface area contributed by atoms with Crippen LogP contribution in [-0.2, 0) is 4.74 Å². The molecule has 0 bridgehead atoms. The highest BCUT2D eigenvalue weighted by atomic mass is 35.5. The lowest BCUT2D eigenvalue weighted by molar-refractivity contribution is -0.0297. The Kier molecular flexibility index (Phi) is 3.53. The zero-order valence-electron chi connectivity index (χ0n) is 9.61. The van der Waals surface area contributed by atoms with Gasteiger partial charge in [-0.15, -0.1) is 0 Å². The van der Waals surface area contributed by atoms with Gasteiger partial charge in [-0.05, 0) is 43.9 Å². The number of aryl methyl sites for hydroxylation is 1. The summed E-state index contributed by atoms with van der Waals surface area (Å²) in [7, 11) is 0. The van der Waals surface area contributed by atoms with E-state index in [2.05, 4.69) is 0 Å². The van der Waals surface area contributed by atoms with Crippen molar-refractivity contribution in [3.63, 3.8) is 0 Å². The molecule has 16 heavy (non-hydrogen) atoms. The summed E-state index contributed by atoms with van der Waals surface area (Å²) in [6.07, 6.45) is 1.52. The number of aliphatic hydroxyl groups excluding tert-OH is 1. The number of hydrogen-bond acceptors (Lipinski definition) is 2. The van der Waals surface area contributed by atoms with Crippen molar-refractivity contribution in [1.82, 2.24) is 0 Å². The second-order valence-electron chi connectivity index (χ2n) is 4.52. The molecular formula is C13H17ClO2. The topological polar surface area (TPSA) is 29.5 Å². The third kappa shape index (κ3) is 2.40. The predicted molar refractivity (Wildman–Crippen MR) is 64.7 cm³/mol. The molecule has 88 valence electrons. The van der Waals surface area contributed by atoms with E-state index in [4.69, 9.17) is 16.3 Å². The fraction of sp³-hybridized carbons (Fsp3) is 0.538. The molecule has 0 spiro atoms. The minimum Gasteiger partial charge on any atom is -0.386 e. The smallest absolute Gasteiger partial charge is 0.105 e. The highest BCUT2D eigenvalue weighted by molar-refractivity contribution is 6.31. The predicted octanol–water partition coefficient (Wildman–Crippen LogP) is 3.25. The van der Waals surface area contributed by atoms with Crippen molar-refractivity contribution in [2.75, 3.05) is 0 Å². The average Bonchev–Trinajstić information content (AvgIpc) is 2.68. The lowest BCUT2D eigenvalue weighted by Crippen LogP contribution is -2.18. The molecule has 1 aliphatic rings. The summed E-state index contributed by atoms with van der Waals surface area (Å²) >= 11 is 6.04. The minimum atomic E-state index is -0.567. The van der Waals surface area contributed by atoms with Gasteiger partial charge in [-0.25, -0.2) is 0 Å². The number of aliphatic hydroxyl groups is 1. The molecule has 3 heteroatoms. The van der Waals surface area contributed by atoms with Crippen LogP contribution in [0.15, 0.2) is 18.2 Å². The molecule has 3 unspecified atom stereocenters. The van der Waals surface area contributed by atoms with Gasteiger partial charge in [0.25, 0.3) is 0 Å². The van der Waals surface area contributed by atoms with Crippen molar-refractivity contribution < 1.29 is 9.84 Å². The summed E-state index contributed by atoms with van der Waals surface area (Å²) in [6, 6.07) is 5.67. The van der Waals surface area contributed by atoms with Gasteiger partial charge in [-0.3, -0.25) is 0 Å². The van der Waals surface area contributed by atoms with Gasteiger partial charge < -0.3 is 9.84 Å². The van der Waals surface area contributed by atoms with Crippen LogP contribution in [0.1, 0.15) is 37.0 Å². The summed E-state index contributed by atoms with van der Waals surface area (Å²) in [4.78, 5) is 0. The molecular weight excluding hydrogens is 224 g/mol. The van der Waals surface area contributed by atoms with Crippen LogP contribution in [0.5, 0.6) is 0 Å². The molecule has 0 aliphatic carbocycles. The van der Waals surface area contributed by atoms with Crippen molar-refractivity contribution in [3.8, 4) is 0 Å². The number of ether oxygens (including phenoxy) is 1. The summed E-state index contributed by atoms with van der Waals surface area (Å²) in [6.45, 7) is 3.99. The van der Waals surface area contributed by atoms with Crippen LogP contribution in [0.3, 0.4) is 0 Å². The van der Waals surface area contributed by atoms with Crippen LogP contribution in [0.2, 0.25) is 5.02 Å². The maximum absolute atomic E-state index is 10.2. The Balaban J connectivity index is 2.14. The third-order valence-corrected chi connectivity index (χ3v) is 3.56. The first-order valence-electron chi connectivity index (χ1n) is 5.67. The van der Waals surface area contributed by atoms with E-state index in [9.17, 15) is 5.11 Å². The number of halogens is 1. The molecule has 1 saturated heterocycles. The Morgan fingerprint density at radius 1 is 1.44 bits per heavy atom. The van der Waals surface area contributed by atoms with E-state index in [1.807, 2.05) is 32.0 Å². The second-order valence-corrected chi connectivity index (χ2v) is 4.92. The molecule has 2 nitrogen and oxygen atoms in total. The van der Waals surface area contributed by atoms with E-state index in [0.29, 0.717) is 5.02 Å². The van der Waals surface area contributed by atoms with Gasteiger partial charge in [0.1, 0.15) is 6.10 Å². The molecule has 3 atom stereocenters. The van der Waals surface area contributed by atoms with E-state index in [1.165, 1.54) is 0 Å². The molecule has 1 N–H and O–H groups in total. The van der Waals surface area contributed by atoms with Gasteiger partial charge in [0.2, 0.25) is 0 Å². The highest BCUT2D eigenvalue weighted by Gasteiger charge is 2.29. The lowest BCUT2D eigenvalue weighted by Gasteiger charge is -2.19. The molecule has 0 saturated carbocycles. The van der Waals surface area contributed by atoms with Crippen molar-refractivity contribution >= 4 is 11.6 Å². The van der Waals surface area contributed by atoms with E-state index >= 15 is 0 Å². The lowest BCUT2D eigenvalue weighted by atomic mass is 10.0. The Labute approximate surface area is 101 Å². The van der Waals surface area contributed by atoms with Crippen LogP contribution < -0.4 is 0 Å². The quantitative estimate of drug-likeness (QED) is 0.860. The van der Waals surface area contributed by atoms with Crippen molar-refractivity contribution in [2.45, 2.75) is 45.0 Å². The van der Waals surface area contributed by atoms with Gasteiger partial charge in [0.15, 0.2) is 0 Å². The summed E-state index contributed by atoms with van der Waals surface area (Å²) < 4.78 is 5.65. The summed E-state index contributed by atoms with van der Waals surface area (Å²) in [5.41, 5.74) is 1.87. The Morgan fingerprint density at radius 2 is 2.19 bits per heavy atom. The van der Waals surface area contributed by atoms with Crippen LogP contribution in [0.4, 0.5) is 0 Å². The number of hydrogen-bond donors (Lipinski definition) is 1. The van der Waals surface area contributed by atoms with Crippen LogP contribution in [0.25, 0.3) is 0 Å². The molecule has 0 radical (unpaired) electrons. The minimum absolute atomic E-state index is 0.0891. The Hall–Kier alpha value is -0.570. The highest BCUT2D eigenvalue weighted by Crippen LogP contribution is 2.31. The van der Waals surface area contributed by atoms with Gasteiger partial charge >= 0.3 is 0 Å². The van der Waals surface area contributed by atoms with Crippen LogP contribution >= 0.6 is 11.6 Å². The standard InChI is InChI=1S/C13H17ClO2/c1-8-3-5-10(7-11(8)14)13(15)12-6-4-9(2)16-12/h3,5,7,9,12-13,15H,4,6H2,1-2H3. The maximum atomic E-state index is 10.2. The molecule has 1 fully saturated rings. The first-order chi connectivity index (χ1) is 7.58. The Bertz CT molecular complexity index is 378. The first-order valence-corrected chi connectivity index (χ1v) is 6.05. The van der Waals surface area contributed by atoms with Gasteiger partial charge in [-0.2, -0.15) is 0 Å². The van der Waals surface area contributed by atoms with Crippen LogP contribution in [0, 0.1) is 6.92 Å². The molecule has 0 amide bonds. The normalized spacial score (nSPS) is 27.0. The molecule has 0 aromatic heterocycles. The molecule has 1 aromatic rings. The maximum Gasteiger partial charge on any atom is 0.105 e. The monoisotopic (exact) mass is 240 g/mol. The summed E-state index contributed by atoms with van der Waals surface area (Å²) in [5, 5.41) is 10.9. The van der Waals surface area contributed by atoms with Gasteiger partial charge in [0, 0.05) is 5.02 Å². The molecule has 1 aliphatic heterocycles. The fourth-order valence-electron chi connectivity index (χ4n) is 2.07. The second kappa shape index (κ2) is 4.74. The fourth-order valence-corrected chi connectivity index (χ4v) is 2.26. The number of benzene rings is 1. The van der Waals surface area contributed by atoms with Crippen molar-refractivity contribution in [2.24, 2.45) is 0 Å². The van der Waals surface area contributed by atoms with Crippen LogP contribution in [-0.4, -0.2) is 17.3 Å². The third-order valence-electron chi connectivity index (χ3n) is 3.15. The van der Waals surface area contributed by atoms with E-state index in [1.54, 1.807) is 0 Å². The molecule has 1 heterocycles. The molecule has 2 rings (SSSR count). The van der Waals surface area contributed by atoms with E-state index in [-0.39, 0.29) is 12.2 Å². The average molecular weight is 241 g/mol. The zero-order chi connectivity index (χ0) is 11.7. The van der Waals surface area contributed by atoms with E-state index in [0.717, 1.165) is 24.0 Å². The largest absolute Gasteiger partial charge is 0.386 e. The van der Waals surface area contributed by atoms with Crippen molar-refractivity contribution in [3.05, 3.63) is 34.3 Å². The van der Waals surface area contributed by atoms with Gasteiger partial charge in [0.05, 0.1) is 12.2 Å². The van der Waals surface area contributed by atoms with E-state index < -0.39 is 6.10 Å². The zero-order valence-corrected chi connectivity index (χ0v) is 10.4. The number of rotatable bonds is 2.